The van der Waals surface area contributed by atoms with E-state index in [1.165, 1.54) is 0 Å². The average Bonchev–Trinajstić information content (AvgIpc) is 2.74. The van der Waals surface area contributed by atoms with Crippen LogP contribution in [0.2, 0.25) is 10.3 Å². The van der Waals surface area contributed by atoms with Gasteiger partial charge in [0.15, 0.2) is 5.65 Å². The molecule has 0 spiro atoms. The van der Waals surface area contributed by atoms with Gasteiger partial charge in [-0.25, -0.2) is 9.97 Å². The molecule has 6 heteroatoms. The summed E-state index contributed by atoms with van der Waals surface area (Å²) in [7, 11) is 0. The summed E-state index contributed by atoms with van der Waals surface area (Å²) in [6.07, 6.45) is 5.05. The molecule has 0 aromatic carbocycles. The molecule has 0 saturated heterocycles. The zero-order chi connectivity index (χ0) is 11.8. The van der Waals surface area contributed by atoms with E-state index in [1.54, 1.807) is 29.1 Å². The zero-order valence-corrected chi connectivity index (χ0v) is 10.0. The predicted octanol–water partition coefficient (Wildman–Crippen LogP) is 3.10. The Morgan fingerprint density at radius 2 is 2.06 bits per heavy atom. The SMILES string of the molecule is Clc1cc(Cl)n2c(-c3cccnc3)ncc2n1. The van der Waals surface area contributed by atoms with Crippen LogP contribution in [-0.4, -0.2) is 19.4 Å². The quantitative estimate of drug-likeness (QED) is 0.635. The van der Waals surface area contributed by atoms with Crippen LogP contribution in [0.25, 0.3) is 17.0 Å². The van der Waals surface area contributed by atoms with Crippen molar-refractivity contribution in [2.75, 3.05) is 0 Å². The standard InChI is InChI=1S/C11H6Cl2N4/c12-8-4-9(13)17-10(16-8)6-15-11(17)7-2-1-3-14-5-7/h1-6H. The van der Waals surface area contributed by atoms with Gasteiger partial charge >= 0.3 is 0 Å². The Kier molecular flexibility index (Phi) is 2.46. The van der Waals surface area contributed by atoms with E-state index >= 15 is 0 Å². The Labute approximate surface area is 107 Å². The molecule has 0 N–H and O–H groups in total. The van der Waals surface area contributed by atoms with Crippen LogP contribution in [0.15, 0.2) is 36.8 Å². The first-order valence-corrected chi connectivity index (χ1v) is 5.61. The van der Waals surface area contributed by atoms with Crippen molar-refractivity contribution in [1.82, 2.24) is 19.4 Å². The molecule has 0 unspecified atom stereocenters. The van der Waals surface area contributed by atoms with Crippen molar-refractivity contribution < 1.29 is 0 Å². The van der Waals surface area contributed by atoms with Crippen molar-refractivity contribution in [3.8, 4) is 11.4 Å². The summed E-state index contributed by atoms with van der Waals surface area (Å²) >= 11 is 12.0. The lowest BCUT2D eigenvalue weighted by Crippen LogP contribution is -1.93. The van der Waals surface area contributed by atoms with Crippen molar-refractivity contribution >= 4 is 28.8 Å². The van der Waals surface area contributed by atoms with Crippen LogP contribution in [-0.2, 0) is 0 Å². The second-order valence-corrected chi connectivity index (χ2v) is 4.19. The van der Waals surface area contributed by atoms with E-state index in [4.69, 9.17) is 23.2 Å². The van der Waals surface area contributed by atoms with Gasteiger partial charge in [-0.1, -0.05) is 23.2 Å². The first-order valence-electron chi connectivity index (χ1n) is 4.85. The third-order valence-electron chi connectivity index (χ3n) is 2.34. The van der Waals surface area contributed by atoms with Crippen LogP contribution in [0.4, 0.5) is 0 Å². The van der Waals surface area contributed by atoms with Gasteiger partial charge in [-0.3, -0.25) is 9.38 Å². The molecule has 4 nitrogen and oxygen atoms in total. The molecule has 17 heavy (non-hydrogen) atoms. The Morgan fingerprint density at radius 1 is 1.18 bits per heavy atom. The van der Waals surface area contributed by atoms with Crippen LogP contribution in [0, 0.1) is 0 Å². The van der Waals surface area contributed by atoms with Crippen LogP contribution in [0.3, 0.4) is 0 Å². The molecule has 0 fully saturated rings. The summed E-state index contributed by atoms with van der Waals surface area (Å²) in [5.74, 6) is 0.697. The highest BCUT2D eigenvalue weighted by Crippen LogP contribution is 2.24. The van der Waals surface area contributed by atoms with E-state index in [0.29, 0.717) is 21.8 Å². The molecule has 3 aromatic rings. The van der Waals surface area contributed by atoms with Crippen molar-refractivity contribution in [2.45, 2.75) is 0 Å². The Balaban J connectivity index is 2.32. The van der Waals surface area contributed by atoms with E-state index in [1.807, 2.05) is 12.1 Å². The van der Waals surface area contributed by atoms with Crippen molar-refractivity contribution in [3.63, 3.8) is 0 Å². The van der Waals surface area contributed by atoms with E-state index in [0.717, 1.165) is 5.56 Å². The van der Waals surface area contributed by atoms with E-state index in [9.17, 15) is 0 Å². The number of fused-ring (bicyclic) bond motifs is 1. The summed E-state index contributed by atoms with van der Waals surface area (Å²) in [6.45, 7) is 0. The molecule has 0 aliphatic heterocycles. The molecular formula is C11H6Cl2N4. The van der Waals surface area contributed by atoms with Crippen LogP contribution in [0.5, 0.6) is 0 Å². The molecule has 0 saturated carbocycles. The van der Waals surface area contributed by atoms with Crippen molar-refractivity contribution in [1.29, 1.82) is 0 Å². The molecule has 3 heterocycles. The maximum absolute atomic E-state index is 6.14. The van der Waals surface area contributed by atoms with Gasteiger partial charge in [0.25, 0.3) is 0 Å². The first-order chi connectivity index (χ1) is 8.25. The molecule has 0 amide bonds. The number of aromatic nitrogens is 4. The van der Waals surface area contributed by atoms with Gasteiger partial charge in [-0.05, 0) is 12.1 Å². The lowest BCUT2D eigenvalue weighted by Gasteiger charge is -2.03. The molecule has 0 atom stereocenters. The van der Waals surface area contributed by atoms with Gasteiger partial charge < -0.3 is 0 Å². The number of nitrogens with zero attached hydrogens (tertiary/aromatic N) is 4. The summed E-state index contributed by atoms with van der Waals surface area (Å²) < 4.78 is 1.73. The minimum Gasteiger partial charge on any atom is -0.266 e. The molecular weight excluding hydrogens is 259 g/mol. The number of rotatable bonds is 1. The number of hydrogen-bond acceptors (Lipinski definition) is 3. The highest BCUT2D eigenvalue weighted by molar-refractivity contribution is 6.33. The topological polar surface area (TPSA) is 43.1 Å². The fraction of sp³-hybridized carbons (Fsp3) is 0. The summed E-state index contributed by atoms with van der Waals surface area (Å²) in [5.41, 5.74) is 1.49. The van der Waals surface area contributed by atoms with Crippen LogP contribution in [0.1, 0.15) is 0 Å². The smallest absolute Gasteiger partial charge is 0.159 e. The maximum atomic E-state index is 6.14. The number of pyridine rings is 1. The number of halogens is 2. The molecule has 0 radical (unpaired) electrons. The molecule has 3 rings (SSSR count). The minimum absolute atomic E-state index is 0.347. The number of imidazole rings is 1. The van der Waals surface area contributed by atoms with Crippen LogP contribution >= 0.6 is 23.2 Å². The summed E-state index contributed by atoms with van der Waals surface area (Å²) in [6, 6.07) is 5.33. The Morgan fingerprint density at radius 3 is 2.82 bits per heavy atom. The number of hydrogen-bond donors (Lipinski definition) is 0. The van der Waals surface area contributed by atoms with Gasteiger partial charge in [0.2, 0.25) is 0 Å². The lowest BCUT2D eigenvalue weighted by molar-refractivity contribution is 1.11. The first kappa shape index (κ1) is 10.5. The predicted molar refractivity (Wildman–Crippen MR) is 66.2 cm³/mol. The fourth-order valence-corrected chi connectivity index (χ4v) is 2.15. The summed E-state index contributed by atoms with van der Waals surface area (Å²) in [4.78, 5) is 12.5. The molecule has 84 valence electrons. The van der Waals surface area contributed by atoms with Gasteiger partial charge in [-0.2, -0.15) is 0 Å². The molecule has 0 aliphatic carbocycles. The van der Waals surface area contributed by atoms with Gasteiger partial charge in [0, 0.05) is 24.0 Å². The second-order valence-electron chi connectivity index (χ2n) is 3.42. The minimum atomic E-state index is 0.347. The largest absolute Gasteiger partial charge is 0.266 e. The van der Waals surface area contributed by atoms with Gasteiger partial charge in [0.05, 0.1) is 6.20 Å². The van der Waals surface area contributed by atoms with E-state index < -0.39 is 0 Å². The van der Waals surface area contributed by atoms with Crippen molar-refractivity contribution in [2.24, 2.45) is 0 Å². The van der Waals surface area contributed by atoms with Gasteiger partial charge in [-0.15, -0.1) is 0 Å². The molecule has 3 aromatic heterocycles. The fourth-order valence-electron chi connectivity index (χ4n) is 1.64. The van der Waals surface area contributed by atoms with Gasteiger partial charge in [0.1, 0.15) is 16.1 Å². The third kappa shape index (κ3) is 1.75. The Bertz CT molecular complexity index is 679. The molecule has 0 bridgehead atoms. The third-order valence-corrected chi connectivity index (χ3v) is 2.81. The zero-order valence-electron chi connectivity index (χ0n) is 8.51. The highest BCUT2D eigenvalue weighted by atomic mass is 35.5. The normalized spacial score (nSPS) is 10.9. The second kappa shape index (κ2) is 3.98. The highest BCUT2D eigenvalue weighted by Gasteiger charge is 2.10. The molecule has 0 aliphatic rings. The van der Waals surface area contributed by atoms with E-state index in [-0.39, 0.29) is 0 Å². The van der Waals surface area contributed by atoms with Crippen LogP contribution < -0.4 is 0 Å². The Hall–Kier alpha value is -1.65. The maximum Gasteiger partial charge on any atom is 0.159 e. The van der Waals surface area contributed by atoms with E-state index in [2.05, 4.69) is 15.0 Å². The van der Waals surface area contributed by atoms with Crippen molar-refractivity contribution in [3.05, 3.63) is 47.1 Å². The average molecular weight is 265 g/mol. The summed E-state index contributed by atoms with van der Waals surface area (Å²) in [5, 5.41) is 0.816. The lowest BCUT2D eigenvalue weighted by atomic mass is 10.3. The monoisotopic (exact) mass is 264 g/mol.